The van der Waals surface area contributed by atoms with Crippen molar-refractivity contribution in [1.82, 2.24) is 4.90 Å². The van der Waals surface area contributed by atoms with Crippen molar-refractivity contribution in [2.24, 2.45) is 5.92 Å². The van der Waals surface area contributed by atoms with Gasteiger partial charge >= 0.3 is 0 Å². The number of methoxy groups -OCH3 is 1. The van der Waals surface area contributed by atoms with Crippen LogP contribution in [0.1, 0.15) is 46.8 Å². The van der Waals surface area contributed by atoms with Gasteiger partial charge in [-0.1, -0.05) is 98.0 Å². The van der Waals surface area contributed by atoms with Crippen LogP contribution in [0.5, 0.6) is 5.75 Å². The second kappa shape index (κ2) is 14.2. The lowest BCUT2D eigenvalue weighted by atomic mass is 9.93. The van der Waals surface area contributed by atoms with Crippen molar-refractivity contribution >= 4 is 47.2 Å². The molecule has 3 aliphatic heterocycles. The predicted molar refractivity (Wildman–Crippen MR) is 213 cm³/mol. The summed E-state index contributed by atoms with van der Waals surface area (Å²) < 4.78 is 12.5. The van der Waals surface area contributed by atoms with E-state index in [0.29, 0.717) is 19.4 Å². The molecule has 5 aromatic rings. The topological polar surface area (TPSA) is 79.3 Å². The molecule has 1 N–H and O–H groups in total. The van der Waals surface area contributed by atoms with Gasteiger partial charge in [0.25, 0.3) is 5.91 Å². The van der Waals surface area contributed by atoms with Crippen LogP contribution in [-0.4, -0.2) is 61.9 Å². The van der Waals surface area contributed by atoms with E-state index in [0.717, 1.165) is 51.9 Å². The minimum absolute atomic E-state index is 0.00655. The molecule has 1 saturated heterocycles. The number of aliphatic hydroxyl groups is 1. The number of anilines is 2. The Balaban J connectivity index is 1.01. The Hall–Kier alpha value is -4.76. The molecular formula is C45H48N2O5Si. The molecule has 0 bridgehead atoms. The third kappa shape index (κ3) is 6.36. The van der Waals surface area contributed by atoms with Gasteiger partial charge in [0.2, 0.25) is 5.91 Å². The fourth-order valence-corrected chi connectivity index (χ4v) is 13.5. The smallest absolute Gasteiger partial charge is 0.263 e. The summed E-state index contributed by atoms with van der Waals surface area (Å²) in [5.74, 6) is 1.13. The maximum Gasteiger partial charge on any atom is 0.263 e. The second-order valence-electron chi connectivity index (χ2n) is 15.6. The molecule has 0 aliphatic carbocycles. The van der Waals surface area contributed by atoms with E-state index in [2.05, 4.69) is 80.7 Å². The van der Waals surface area contributed by atoms with Gasteiger partial charge in [-0.3, -0.25) is 14.5 Å². The zero-order valence-electron chi connectivity index (χ0n) is 31.0. The number of carbonyl (C=O) groups excluding carboxylic acids is 2. The fraction of sp³-hybridized carbons (Fsp3) is 0.333. The summed E-state index contributed by atoms with van der Waals surface area (Å²) in [6.45, 7) is 7.57. The molecule has 5 aromatic carbocycles. The van der Waals surface area contributed by atoms with Crippen LogP contribution >= 0.6 is 0 Å². The van der Waals surface area contributed by atoms with Crippen molar-refractivity contribution in [3.8, 4) is 5.75 Å². The average Bonchev–Trinajstić information content (AvgIpc) is 3.66. The number of aliphatic hydroxyl groups excluding tert-OH is 1. The molecule has 7 nitrogen and oxygen atoms in total. The van der Waals surface area contributed by atoms with E-state index >= 15 is 0 Å². The van der Waals surface area contributed by atoms with Gasteiger partial charge in [0, 0.05) is 17.6 Å². The van der Waals surface area contributed by atoms with Gasteiger partial charge in [-0.05, 0) is 89.2 Å². The lowest BCUT2D eigenvalue weighted by molar-refractivity contribution is -0.138. The van der Waals surface area contributed by atoms with Gasteiger partial charge in [-0.15, -0.1) is 0 Å². The lowest BCUT2D eigenvalue weighted by Gasteiger charge is -2.39. The summed E-state index contributed by atoms with van der Waals surface area (Å²) >= 11 is 0. The first-order valence-electron chi connectivity index (χ1n) is 18.9. The van der Waals surface area contributed by atoms with Crippen molar-refractivity contribution < 1.29 is 24.2 Å². The summed E-state index contributed by atoms with van der Waals surface area (Å²) in [6, 6.07) is 36.8. The van der Waals surface area contributed by atoms with Gasteiger partial charge in [0.05, 0.1) is 57.7 Å². The molecule has 1 fully saturated rings. The molecule has 0 radical (unpaired) electrons. The molecule has 3 aliphatic rings. The van der Waals surface area contributed by atoms with Crippen molar-refractivity contribution in [2.45, 2.75) is 76.0 Å². The molecule has 2 amide bonds. The molecule has 0 unspecified atom stereocenters. The van der Waals surface area contributed by atoms with Gasteiger partial charge in [0.1, 0.15) is 5.75 Å². The highest BCUT2D eigenvalue weighted by atomic mass is 28.3. The number of hydrogen-bond donors (Lipinski definition) is 1. The molecule has 0 spiro atoms. The number of benzene rings is 5. The van der Waals surface area contributed by atoms with Crippen LogP contribution in [-0.2, 0) is 28.9 Å². The van der Waals surface area contributed by atoms with Gasteiger partial charge in [-0.25, -0.2) is 0 Å². The van der Waals surface area contributed by atoms with Crippen LogP contribution in [0.3, 0.4) is 0 Å². The largest absolute Gasteiger partial charge is 0.497 e. The van der Waals surface area contributed by atoms with Crippen LogP contribution in [0.2, 0.25) is 18.6 Å². The highest BCUT2D eigenvalue weighted by Gasteiger charge is 2.51. The number of hydrogen-bond acceptors (Lipinski definition) is 5. The molecule has 3 heterocycles. The number of carbonyl (C=O) groups is 2. The summed E-state index contributed by atoms with van der Waals surface area (Å²) in [4.78, 5) is 31.4. The molecule has 8 rings (SSSR count). The summed E-state index contributed by atoms with van der Waals surface area (Å²) in [5, 5.41) is 13.8. The van der Waals surface area contributed by atoms with E-state index in [9.17, 15) is 14.7 Å². The van der Waals surface area contributed by atoms with E-state index in [1.54, 1.807) is 7.11 Å². The number of amides is 2. The molecule has 5 atom stereocenters. The first-order valence-corrected chi connectivity index (χ1v) is 22.0. The van der Waals surface area contributed by atoms with Crippen molar-refractivity contribution in [2.75, 3.05) is 18.6 Å². The third-order valence-corrected chi connectivity index (χ3v) is 16.7. The molecular weight excluding hydrogens is 677 g/mol. The molecule has 0 saturated carbocycles. The Labute approximate surface area is 313 Å². The highest BCUT2D eigenvalue weighted by Crippen LogP contribution is 2.47. The Bertz CT molecular complexity index is 2140. The minimum atomic E-state index is -2.17. The third-order valence-electron chi connectivity index (χ3n) is 12.3. The zero-order valence-corrected chi connectivity index (χ0v) is 32.0. The maximum atomic E-state index is 14.2. The Morgan fingerprint density at radius 1 is 0.887 bits per heavy atom. The minimum Gasteiger partial charge on any atom is -0.497 e. The maximum absolute atomic E-state index is 14.2. The fourth-order valence-electron chi connectivity index (χ4n) is 9.47. The second-order valence-corrected chi connectivity index (χ2v) is 20.3. The van der Waals surface area contributed by atoms with Gasteiger partial charge in [0.15, 0.2) is 0 Å². The van der Waals surface area contributed by atoms with E-state index in [-0.39, 0.29) is 48.1 Å². The first-order chi connectivity index (χ1) is 25.7. The van der Waals surface area contributed by atoms with E-state index in [1.165, 1.54) is 16.3 Å². The Morgan fingerprint density at radius 2 is 1.60 bits per heavy atom. The molecule has 272 valence electrons. The van der Waals surface area contributed by atoms with Crippen molar-refractivity contribution in [1.29, 1.82) is 0 Å². The normalized spacial score (nSPS) is 22.4. The number of fused-ring (bicyclic) bond motifs is 1. The van der Waals surface area contributed by atoms with Crippen molar-refractivity contribution in [3.63, 3.8) is 0 Å². The number of rotatable bonds is 10. The van der Waals surface area contributed by atoms with Crippen molar-refractivity contribution in [3.05, 3.63) is 131 Å². The van der Waals surface area contributed by atoms with Crippen LogP contribution < -0.4 is 14.8 Å². The van der Waals surface area contributed by atoms with Crippen LogP contribution in [0, 0.1) is 5.92 Å². The number of aryl methyl sites for hydroxylation is 1. The summed E-state index contributed by atoms with van der Waals surface area (Å²) in [5.41, 5.74) is 6.29. The van der Waals surface area contributed by atoms with E-state index in [4.69, 9.17) is 9.47 Å². The Morgan fingerprint density at radius 3 is 2.32 bits per heavy atom. The number of ether oxygens (including phenoxy) is 2. The van der Waals surface area contributed by atoms with Crippen LogP contribution in [0.15, 0.2) is 109 Å². The molecule has 0 aromatic heterocycles. The Kier molecular flexibility index (Phi) is 9.47. The van der Waals surface area contributed by atoms with E-state index < -0.39 is 8.07 Å². The zero-order chi connectivity index (χ0) is 36.9. The number of nitrogens with zero attached hydrogens (tertiary/aromatic N) is 2. The lowest BCUT2D eigenvalue weighted by Crippen LogP contribution is -2.52. The standard InChI is InChI=1S/C45H48N2O5Si/c1-29-40(24-17-30-15-18-34(19-16-30)47-39-14-8-12-31-11-7-13-38(43(31)39)45(47)50)52-41(44(29)53(3,4)37-22-20-36(51-2)21-23-37)26-42(49)46-27-33-10-6-5-9-32(33)25-35(46)28-48/h5-16,18-23,29,35,40-41,44,48H,17,24-28H2,1-4H3/t29-,35+,40+,41-,44+/m1/s1. The average molecular weight is 725 g/mol. The monoisotopic (exact) mass is 724 g/mol. The van der Waals surface area contributed by atoms with E-state index in [1.807, 2.05) is 58.3 Å². The van der Waals surface area contributed by atoms with Crippen LogP contribution in [0.4, 0.5) is 11.4 Å². The molecule has 53 heavy (non-hydrogen) atoms. The molecule has 8 heteroatoms. The van der Waals surface area contributed by atoms with Gasteiger partial charge < -0.3 is 19.5 Å². The van der Waals surface area contributed by atoms with Gasteiger partial charge in [-0.2, -0.15) is 0 Å². The summed E-state index contributed by atoms with van der Waals surface area (Å²) in [6.07, 6.45) is 2.38. The predicted octanol–water partition coefficient (Wildman–Crippen LogP) is 7.80. The first kappa shape index (κ1) is 35.3. The van der Waals surface area contributed by atoms with Crippen LogP contribution in [0.25, 0.3) is 10.8 Å². The highest BCUT2D eigenvalue weighted by molar-refractivity contribution is 6.91. The SMILES string of the molecule is COc1ccc([Si](C)(C)[C@H]2[C@H](C)[C@H](CCc3ccc(N4C(=O)c5cccc6cccc4c56)cc3)O[C@@H]2CC(=O)N2Cc3ccccc3C[C@H]2CO)cc1. The summed E-state index contributed by atoms with van der Waals surface area (Å²) in [7, 11) is -0.483. The quantitative estimate of drug-likeness (QED) is 0.149.